The molecular weight excluding hydrogens is 262 g/mol. The summed E-state index contributed by atoms with van der Waals surface area (Å²) in [5, 5.41) is 9.42. The van der Waals surface area contributed by atoms with Crippen LogP contribution in [0.4, 0.5) is 0 Å². The van der Waals surface area contributed by atoms with Gasteiger partial charge < -0.3 is 5.11 Å². The van der Waals surface area contributed by atoms with Gasteiger partial charge in [0, 0.05) is 13.6 Å². The van der Waals surface area contributed by atoms with Gasteiger partial charge in [-0.1, -0.05) is 19.1 Å². The molecule has 1 aromatic rings. The van der Waals surface area contributed by atoms with Crippen LogP contribution in [0.2, 0.25) is 0 Å². The molecule has 0 spiro atoms. The number of benzene rings is 1. The number of hydrogen-bond acceptors (Lipinski definition) is 3. The van der Waals surface area contributed by atoms with Crippen molar-refractivity contribution in [3.05, 3.63) is 29.8 Å². The van der Waals surface area contributed by atoms with Crippen LogP contribution in [0, 0.1) is 11.8 Å². The smallest absolute Gasteiger partial charge is 0.242 e. The molecule has 1 fully saturated rings. The van der Waals surface area contributed by atoms with Crippen molar-refractivity contribution in [2.45, 2.75) is 31.3 Å². The quantitative estimate of drug-likeness (QED) is 0.899. The molecule has 0 heterocycles. The fourth-order valence-electron chi connectivity index (χ4n) is 2.18. The summed E-state index contributed by atoms with van der Waals surface area (Å²) in [5.74, 6) is 1.13. The number of nitrogens with zero attached hydrogens (tertiary/aromatic N) is 1. The zero-order valence-electron chi connectivity index (χ0n) is 11.6. The van der Waals surface area contributed by atoms with Crippen molar-refractivity contribution >= 4 is 10.0 Å². The molecule has 0 bridgehead atoms. The van der Waals surface area contributed by atoms with Crippen LogP contribution < -0.4 is 0 Å². The summed E-state index contributed by atoms with van der Waals surface area (Å²) >= 11 is 0. The molecular formula is C14H21NO3S. The van der Waals surface area contributed by atoms with Crippen molar-refractivity contribution in [1.82, 2.24) is 4.31 Å². The van der Waals surface area contributed by atoms with Crippen LogP contribution in [0.25, 0.3) is 0 Å². The Morgan fingerprint density at radius 2 is 1.89 bits per heavy atom. The molecule has 0 saturated heterocycles. The van der Waals surface area contributed by atoms with E-state index in [1.807, 2.05) is 0 Å². The van der Waals surface area contributed by atoms with Crippen molar-refractivity contribution in [2.24, 2.45) is 11.8 Å². The molecule has 4 nitrogen and oxygen atoms in total. The summed E-state index contributed by atoms with van der Waals surface area (Å²) in [6.45, 7) is 4.38. The van der Waals surface area contributed by atoms with Crippen molar-refractivity contribution in [2.75, 3.05) is 13.6 Å². The summed E-state index contributed by atoms with van der Waals surface area (Å²) in [5.41, 5.74) is 0.720. The first kappa shape index (κ1) is 14.5. The first-order valence-electron chi connectivity index (χ1n) is 6.56. The van der Waals surface area contributed by atoms with Crippen LogP contribution in [0.15, 0.2) is 29.2 Å². The van der Waals surface area contributed by atoms with E-state index in [1.165, 1.54) is 4.31 Å². The van der Waals surface area contributed by atoms with E-state index in [0.717, 1.165) is 12.0 Å². The molecule has 1 aromatic carbocycles. The van der Waals surface area contributed by atoms with Gasteiger partial charge in [-0.3, -0.25) is 0 Å². The molecule has 1 aliphatic rings. The van der Waals surface area contributed by atoms with Gasteiger partial charge in [0.15, 0.2) is 0 Å². The highest BCUT2D eigenvalue weighted by atomic mass is 32.2. The number of rotatable bonds is 5. The maximum Gasteiger partial charge on any atom is 0.242 e. The first-order valence-corrected chi connectivity index (χ1v) is 8.00. The first-order chi connectivity index (χ1) is 8.82. The van der Waals surface area contributed by atoms with Gasteiger partial charge in [-0.05, 0) is 42.9 Å². The molecule has 0 aliphatic heterocycles. The molecule has 1 N–H and O–H groups in total. The highest BCUT2D eigenvalue weighted by Gasteiger charge is 2.36. The molecule has 1 saturated carbocycles. The fraction of sp³-hybridized carbons (Fsp3) is 0.571. The Hall–Kier alpha value is -0.910. The van der Waals surface area contributed by atoms with Crippen molar-refractivity contribution in [3.63, 3.8) is 0 Å². The van der Waals surface area contributed by atoms with E-state index in [2.05, 4.69) is 6.92 Å². The van der Waals surface area contributed by atoms with Gasteiger partial charge in [-0.25, -0.2) is 12.7 Å². The predicted octanol–water partition coefficient (Wildman–Crippen LogP) is 2.02. The maximum atomic E-state index is 12.3. The number of sulfonamides is 1. The van der Waals surface area contributed by atoms with E-state index in [4.69, 9.17) is 0 Å². The highest BCUT2D eigenvalue weighted by molar-refractivity contribution is 7.89. The van der Waals surface area contributed by atoms with E-state index in [1.54, 1.807) is 38.2 Å². The van der Waals surface area contributed by atoms with Crippen LogP contribution in [0.5, 0.6) is 0 Å². The third kappa shape index (κ3) is 3.16. The monoisotopic (exact) mass is 283 g/mol. The van der Waals surface area contributed by atoms with E-state index < -0.39 is 16.1 Å². The van der Waals surface area contributed by atoms with E-state index in [0.29, 0.717) is 18.4 Å². The molecule has 3 unspecified atom stereocenters. The topological polar surface area (TPSA) is 57.6 Å². The fourth-order valence-corrected chi connectivity index (χ4v) is 3.41. The van der Waals surface area contributed by atoms with Gasteiger partial charge in [0.25, 0.3) is 0 Å². The molecule has 0 aromatic heterocycles. The zero-order chi connectivity index (χ0) is 14.2. The second-order valence-electron chi connectivity index (χ2n) is 5.50. The Kier molecular flexibility index (Phi) is 3.99. The Labute approximate surface area is 115 Å². The standard InChI is InChI=1S/C14H21NO3S/c1-10-8-13(10)9-15(3)19(17,18)14-6-4-12(5-7-14)11(2)16/h4-7,10-11,13,16H,8-9H2,1-3H3. The minimum absolute atomic E-state index is 0.285. The summed E-state index contributed by atoms with van der Waals surface area (Å²) in [6.07, 6.45) is 0.530. The minimum atomic E-state index is -3.41. The van der Waals surface area contributed by atoms with Crippen molar-refractivity contribution < 1.29 is 13.5 Å². The van der Waals surface area contributed by atoms with E-state index >= 15 is 0 Å². The van der Waals surface area contributed by atoms with Gasteiger partial charge in [-0.15, -0.1) is 0 Å². The zero-order valence-corrected chi connectivity index (χ0v) is 12.4. The number of aliphatic hydroxyl groups is 1. The van der Waals surface area contributed by atoms with Crippen LogP contribution in [0.3, 0.4) is 0 Å². The SMILES string of the molecule is CC(O)c1ccc(S(=O)(=O)N(C)CC2CC2C)cc1. The predicted molar refractivity (Wildman–Crippen MR) is 74.2 cm³/mol. The van der Waals surface area contributed by atoms with Crippen molar-refractivity contribution in [1.29, 1.82) is 0 Å². The second-order valence-corrected chi connectivity index (χ2v) is 7.55. The largest absolute Gasteiger partial charge is 0.389 e. The highest BCUT2D eigenvalue weighted by Crippen LogP contribution is 2.38. The number of hydrogen-bond donors (Lipinski definition) is 1. The van der Waals surface area contributed by atoms with E-state index in [9.17, 15) is 13.5 Å². The molecule has 3 atom stereocenters. The van der Waals surface area contributed by atoms with Gasteiger partial charge in [0.2, 0.25) is 10.0 Å². The Morgan fingerprint density at radius 3 is 2.32 bits per heavy atom. The average molecular weight is 283 g/mol. The molecule has 106 valence electrons. The third-order valence-electron chi connectivity index (χ3n) is 3.84. The van der Waals surface area contributed by atoms with Crippen LogP contribution in [0.1, 0.15) is 31.9 Å². The normalized spacial score (nSPS) is 24.5. The molecule has 19 heavy (non-hydrogen) atoms. The Morgan fingerprint density at radius 1 is 1.37 bits per heavy atom. The Balaban J connectivity index is 2.14. The number of aliphatic hydroxyl groups excluding tert-OH is 1. The lowest BCUT2D eigenvalue weighted by atomic mass is 10.1. The van der Waals surface area contributed by atoms with Gasteiger partial charge in [0.1, 0.15) is 0 Å². The van der Waals surface area contributed by atoms with Gasteiger partial charge >= 0.3 is 0 Å². The van der Waals surface area contributed by atoms with Gasteiger partial charge in [-0.2, -0.15) is 0 Å². The summed E-state index contributed by atoms with van der Waals surface area (Å²) in [7, 11) is -1.78. The van der Waals surface area contributed by atoms with Gasteiger partial charge in [0.05, 0.1) is 11.0 Å². The van der Waals surface area contributed by atoms with Crippen LogP contribution in [-0.4, -0.2) is 31.4 Å². The molecule has 1 aliphatic carbocycles. The van der Waals surface area contributed by atoms with Crippen LogP contribution in [-0.2, 0) is 10.0 Å². The average Bonchev–Trinajstić information content (AvgIpc) is 3.04. The minimum Gasteiger partial charge on any atom is -0.389 e. The lowest BCUT2D eigenvalue weighted by molar-refractivity contribution is 0.199. The molecule has 2 rings (SSSR count). The molecule has 0 radical (unpaired) electrons. The summed E-state index contributed by atoms with van der Waals surface area (Å²) in [6, 6.07) is 6.44. The lowest BCUT2D eigenvalue weighted by Crippen LogP contribution is -2.29. The molecule has 5 heteroatoms. The Bertz CT molecular complexity index is 536. The maximum absolute atomic E-state index is 12.3. The molecule has 0 amide bonds. The summed E-state index contributed by atoms with van der Waals surface area (Å²) in [4.78, 5) is 0.285. The van der Waals surface area contributed by atoms with E-state index in [-0.39, 0.29) is 4.90 Å². The van der Waals surface area contributed by atoms with Crippen LogP contribution >= 0.6 is 0 Å². The summed E-state index contributed by atoms with van der Waals surface area (Å²) < 4.78 is 26.1. The second kappa shape index (κ2) is 5.23. The lowest BCUT2D eigenvalue weighted by Gasteiger charge is -2.17. The third-order valence-corrected chi connectivity index (χ3v) is 5.68. The van der Waals surface area contributed by atoms with Crippen molar-refractivity contribution in [3.8, 4) is 0 Å².